The maximum atomic E-state index is 12.4. The van der Waals surface area contributed by atoms with Gasteiger partial charge in [0.1, 0.15) is 5.03 Å². The van der Waals surface area contributed by atoms with Gasteiger partial charge < -0.3 is 5.32 Å². The number of rotatable bonds is 6. The van der Waals surface area contributed by atoms with Gasteiger partial charge in [-0.2, -0.15) is 5.10 Å². The number of aromatic nitrogens is 3. The number of benzene rings is 2. The summed E-state index contributed by atoms with van der Waals surface area (Å²) in [5.41, 5.74) is 4.89. The number of hydrogen-bond acceptors (Lipinski definition) is 4. The van der Waals surface area contributed by atoms with Gasteiger partial charge in [0.25, 0.3) is 0 Å². The van der Waals surface area contributed by atoms with Crippen LogP contribution in [0.3, 0.4) is 0 Å². The van der Waals surface area contributed by atoms with Crippen molar-refractivity contribution in [2.75, 3.05) is 11.1 Å². The minimum absolute atomic E-state index is 0.0566. The molecule has 29 heavy (non-hydrogen) atoms. The lowest BCUT2D eigenvalue weighted by atomic mass is 10.0. The standard InChI is InChI=1S/C23H22N4OS/c1-16(2)17-8-10-19(11-9-17)25-22(28)15-29-23-21-14-20(18-6-4-3-5-7-18)26-27(21)13-12-24-23/h3-14,16H,15H2,1-2H3,(H,25,28). The molecule has 5 nitrogen and oxygen atoms in total. The number of nitrogens with zero attached hydrogens (tertiary/aromatic N) is 3. The molecule has 0 aliphatic heterocycles. The van der Waals surface area contributed by atoms with Crippen molar-refractivity contribution in [3.8, 4) is 11.3 Å². The van der Waals surface area contributed by atoms with Crippen molar-refractivity contribution in [1.82, 2.24) is 14.6 Å². The molecule has 0 aliphatic carbocycles. The molecular formula is C23H22N4OS. The van der Waals surface area contributed by atoms with E-state index in [2.05, 4.69) is 29.2 Å². The fourth-order valence-electron chi connectivity index (χ4n) is 3.04. The van der Waals surface area contributed by atoms with Crippen molar-refractivity contribution in [2.45, 2.75) is 24.8 Å². The van der Waals surface area contributed by atoms with Gasteiger partial charge in [0, 0.05) is 23.6 Å². The van der Waals surface area contributed by atoms with E-state index >= 15 is 0 Å². The highest BCUT2D eigenvalue weighted by molar-refractivity contribution is 8.00. The number of thioether (sulfide) groups is 1. The van der Waals surface area contributed by atoms with Crippen LogP contribution in [0.4, 0.5) is 5.69 Å². The Labute approximate surface area is 174 Å². The maximum Gasteiger partial charge on any atom is 0.234 e. The Hall–Kier alpha value is -3.12. The molecule has 2 aromatic carbocycles. The van der Waals surface area contributed by atoms with Crippen molar-refractivity contribution in [3.63, 3.8) is 0 Å². The summed E-state index contributed by atoms with van der Waals surface area (Å²) in [7, 11) is 0. The first-order chi connectivity index (χ1) is 14.1. The predicted octanol–water partition coefficient (Wildman–Crippen LogP) is 5.25. The Morgan fingerprint density at radius 1 is 1.10 bits per heavy atom. The van der Waals surface area contributed by atoms with E-state index in [-0.39, 0.29) is 11.7 Å². The minimum atomic E-state index is -0.0566. The fraction of sp³-hybridized carbons (Fsp3) is 0.174. The van der Waals surface area contributed by atoms with Crippen LogP contribution in [0.1, 0.15) is 25.3 Å². The van der Waals surface area contributed by atoms with Gasteiger partial charge >= 0.3 is 0 Å². The smallest absolute Gasteiger partial charge is 0.234 e. The van der Waals surface area contributed by atoms with Crippen LogP contribution in [0.15, 0.2) is 78.1 Å². The fourth-order valence-corrected chi connectivity index (χ4v) is 3.82. The van der Waals surface area contributed by atoms with Crippen LogP contribution >= 0.6 is 11.8 Å². The molecule has 4 aromatic rings. The Kier molecular flexibility index (Phi) is 5.62. The van der Waals surface area contributed by atoms with Gasteiger partial charge in [0.15, 0.2) is 0 Å². The summed E-state index contributed by atoms with van der Waals surface area (Å²) in [5.74, 6) is 0.696. The average molecular weight is 403 g/mol. The van der Waals surface area contributed by atoms with Crippen LogP contribution in [0, 0.1) is 0 Å². The SMILES string of the molecule is CC(C)c1ccc(NC(=O)CSc2nccn3nc(-c4ccccc4)cc23)cc1. The lowest BCUT2D eigenvalue weighted by Gasteiger charge is -2.08. The summed E-state index contributed by atoms with van der Waals surface area (Å²) < 4.78 is 1.81. The van der Waals surface area contributed by atoms with Crippen molar-refractivity contribution in [2.24, 2.45) is 0 Å². The normalized spacial score (nSPS) is 11.1. The topological polar surface area (TPSA) is 59.3 Å². The lowest BCUT2D eigenvalue weighted by molar-refractivity contribution is -0.113. The van der Waals surface area contributed by atoms with Crippen molar-refractivity contribution in [3.05, 3.63) is 78.6 Å². The van der Waals surface area contributed by atoms with E-state index in [1.807, 2.05) is 66.9 Å². The van der Waals surface area contributed by atoms with Crippen molar-refractivity contribution < 1.29 is 4.79 Å². The summed E-state index contributed by atoms with van der Waals surface area (Å²) in [5, 5.41) is 8.36. The monoisotopic (exact) mass is 402 g/mol. The van der Waals surface area contributed by atoms with E-state index < -0.39 is 0 Å². The van der Waals surface area contributed by atoms with Gasteiger partial charge in [-0.3, -0.25) is 4.79 Å². The molecule has 0 atom stereocenters. The Bertz CT molecular complexity index is 1120. The molecule has 0 radical (unpaired) electrons. The number of amides is 1. The molecule has 4 rings (SSSR count). The molecule has 146 valence electrons. The van der Waals surface area contributed by atoms with E-state index in [4.69, 9.17) is 0 Å². The third-order valence-corrected chi connectivity index (χ3v) is 5.62. The zero-order chi connectivity index (χ0) is 20.2. The molecule has 2 heterocycles. The Morgan fingerprint density at radius 3 is 2.59 bits per heavy atom. The molecule has 0 saturated carbocycles. The van der Waals surface area contributed by atoms with Gasteiger partial charge in [0.05, 0.1) is 17.0 Å². The van der Waals surface area contributed by atoms with Crippen LogP contribution in [-0.4, -0.2) is 26.3 Å². The highest BCUT2D eigenvalue weighted by Gasteiger charge is 2.11. The third-order valence-electron chi connectivity index (χ3n) is 4.63. The van der Waals surface area contributed by atoms with Gasteiger partial charge in [0.2, 0.25) is 5.91 Å². The van der Waals surface area contributed by atoms with Crippen LogP contribution in [0.5, 0.6) is 0 Å². The molecule has 0 aliphatic rings. The quantitative estimate of drug-likeness (QED) is 0.448. The molecule has 0 spiro atoms. The molecule has 0 saturated heterocycles. The highest BCUT2D eigenvalue weighted by atomic mass is 32.2. The number of hydrogen-bond donors (Lipinski definition) is 1. The summed E-state index contributed by atoms with van der Waals surface area (Å²) >= 11 is 1.41. The first-order valence-corrected chi connectivity index (χ1v) is 10.5. The van der Waals surface area contributed by atoms with Crippen molar-refractivity contribution >= 4 is 28.9 Å². The van der Waals surface area contributed by atoms with Gasteiger partial charge in [-0.15, -0.1) is 0 Å². The number of carbonyl (C=O) groups excluding carboxylic acids is 1. The minimum Gasteiger partial charge on any atom is -0.325 e. The lowest BCUT2D eigenvalue weighted by Crippen LogP contribution is -2.14. The predicted molar refractivity (Wildman–Crippen MR) is 118 cm³/mol. The number of anilines is 1. The zero-order valence-electron chi connectivity index (χ0n) is 16.4. The molecular weight excluding hydrogens is 380 g/mol. The second-order valence-corrected chi connectivity index (χ2v) is 8.04. The first-order valence-electron chi connectivity index (χ1n) is 9.52. The second-order valence-electron chi connectivity index (χ2n) is 7.07. The summed E-state index contributed by atoms with van der Waals surface area (Å²) in [4.78, 5) is 16.8. The molecule has 0 bridgehead atoms. The van der Waals surface area contributed by atoms with Crippen LogP contribution < -0.4 is 5.32 Å². The Morgan fingerprint density at radius 2 is 1.86 bits per heavy atom. The number of nitrogens with one attached hydrogen (secondary N) is 1. The van der Waals surface area contributed by atoms with Gasteiger partial charge in [-0.25, -0.2) is 9.50 Å². The molecule has 6 heteroatoms. The van der Waals surface area contributed by atoms with Gasteiger partial charge in [-0.1, -0.05) is 68.1 Å². The van der Waals surface area contributed by atoms with Crippen LogP contribution in [0.2, 0.25) is 0 Å². The van der Waals surface area contributed by atoms with E-state index in [0.29, 0.717) is 5.92 Å². The van der Waals surface area contributed by atoms with E-state index in [9.17, 15) is 4.79 Å². The van der Waals surface area contributed by atoms with E-state index in [1.165, 1.54) is 17.3 Å². The molecule has 1 amide bonds. The number of fused-ring (bicyclic) bond motifs is 1. The summed E-state index contributed by atoms with van der Waals surface area (Å²) in [6, 6.07) is 20.0. The molecule has 0 unspecified atom stereocenters. The second kappa shape index (κ2) is 8.49. The molecule has 0 fully saturated rings. The van der Waals surface area contributed by atoms with Crippen LogP contribution in [-0.2, 0) is 4.79 Å². The third kappa shape index (κ3) is 4.49. The van der Waals surface area contributed by atoms with E-state index in [0.717, 1.165) is 27.5 Å². The van der Waals surface area contributed by atoms with E-state index in [1.54, 1.807) is 10.7 Å². The summed E-state index contributed by atoms with van der Waals surface area (Å²) in [6.07, 6.45) is 3.53. The zero-order valence-corrected chi connectivity index (χ0v) is 17.2. The first kappa shape index (κ1) is 19.2. The molecule has 2 aromatic heterocycles. The maximum absolute atomic E-state index is 12.4. The highest BCUT2D eigenvalue weighted by Crippen LogP contribution is 2.26. The average Bonchev–Trinajstić information content (AvgIpc) is 3.18. The number of carbonyl (C=O) groups is 1. The van der Waals surface area contributed by atoms with Gasteiger partial charge in [-0.05, 0) is 29.7 Å². The Balaban J connectivity index is 1.45. The largest absolute Gasteiger partial charge is 0.325 e. The molecule has 1 N–H and O–H groups in total. The van der Waals surface area contributed by atoms with Crippen molar-refractivity contribution in [1.29, 1.82) is 0 Å². The summed E-state index contributed by atoms with van der Waals surface area (Å²) in [6.45, 7) is 4.30. The van der Waals surface area contributed by atoms with Crippen LogP contribution in [0.25, 0.3) is 16.8 Å².